The molecule has 0 saturated carbocycles. The van der Waals surface area contributed by atoms with E-state index in [4.69, 9.17) is 11.6 Å². The number of halogens is 1. The van der Waals surface area contributed by atoms with Crippen molar-refractivity contribution in [2.45, 2.75) is 47.0 Å². The predicted molar refractivity (Wildman–Crippen MR) is 85.9 cm³/mol. The standard InChI is InChI=1S/C17H28ClN/c1-5-10-17(4,13-19-12-14(2)3)11-15-6-8-16(18)9-7-15/h6-9,14,19H,5,10-13H2,1-4H3. The summed E-state index contributed by atoms with van der Waals surface area (Å²) < 4.78 is 0. The van der Waals surface area contributed by atoms with Gasteiger partial charge < -0.3 is 5.32 Å². The minimum Gasteiger partial charge on any atom is -0.316 e. The summed E-state index contributed by atoms with van der Waals surface area (Å²) in [6.45, 7) is 11.3. The summed E-state index contributed by atoms with van der Waals surface area (Å²) in [4.78, 5) is 0. The first-order chi connectivity index (χ1) is 8.95. The van der Waals surface area contributed by atoms with Crippen molar-refractivity contribution in [3.05, 3.63) is 34.9 Å². The zero-order chi connectivity index (χ0) is 14.3. The van der Waals surface area contributed by atoms with Gasteiger partial charge in [0.1, 0.15) is 0 Å². The molecule has 0 bridgehead atoms. The van der Waals surface area contributed by atoms with Crippen LogP contribution in [0.15, 0.2) is 24.3 Å². The molecule has 2 heteroatoms. The Hall–Kier alpha value is -0.530. The second kappa shape index (κ2) is 7.91. The van der Waals surface area contributed by atoms with Crippen molar-refractivity contribution in [3.63, 3.8) is 0 Å². The van der Waals surface area contributed by atoms with E-state index in [1.165, 1.54) is 18.4 Å². The van der Waals surface area contributed by atoms with Gasteiger partial charge in [0.2, 0.25) is 0 Å². The predicted octanol–water partition coefficient (Wildman–Crippen LogP) is 4.93. The zero-order valence-corrected chi connectivity index (χ0v) is 13.6. The largest absolute Gasteiger partial charge is 0.316 e. The lowest BCUT2D eigenvalue weighted by Gasteiger charge is -2.30. The van der Waals surface area contributed by atoms with Crippen molar-refractivity contribution >= 4 is 11.6 Å². The van der Waals surface area contributed by atoms with Gasteiger partial charge in [-0.05, 0) is 48.4 Å². The number of nitrogens with one attached hydrogen (secondary N) is 1. The van der Waals surface area contributed by atoms with E-state index in [1.54, 1.807) is 0 Å². The third kappa shape index (κ3) is 6.44. The Morgan fingerprint density at radius 1 is 1.21 bits per heavy atom. The van der Waals surface area contributed by atoms with E-state index in [9.17, 15) is 0 Å². The van der Waals surface area contributed by atoms with Gasteiger partial charge in [-0.2, -0.15) is 0 Å². The van der Waals surface area contributed by atoms with E-state index in [-0.39, 0.29) is 0 Å². The molecule has 1 aromatic rings. The van der Waals surface area contributed by atoms with E-state index < -0.39 is 0 Å². The summed E-state index contributed by atoms with van der Waals surface area (Å²) in [5, 5.41) is 4.43. The fourth-order valence-electron chi connectivity index (χ4n) is 2.60. The molecular formula is C17H28ClN. The van der Waals surface area contributed by atoms with Crippen LogP contribution in [0.3, 0.4) is 0 Å². The molecule has 0 saturated heterocycles. The topological polar surface area (TPSA) is 12.0 Å². The Bertz CT molecular complexity index is 358. The van der Waals surface area contributed by atoms with Gasteiger partial charge in [0, 0.05) is 11.6 Å². The Morgan fingerprint density at radius 2 is 1.84 bits per heavy atom. The minimum atomic E-state index is 0.331. The molecule has 0 radical (unpaired) electrons. The highest BCUT2D eigenvalue weighted by Crippen LogP contribution is 2.28. The molecule has 0 amide bonds. The van der Waals surface area contributed by atoms with Gasteiger partial charge in [-0.1, -0.05) is 57.8 Å². The summed E-state index contributed by atoms with van der Waals surface area (Å²) >= 11 is 5.95. The lowest BCUT2D eigenvalue weighted by molar-refractivity contribution is 0.271. The molecule has 1 rings (SSSR count). The number of hydrogen-bond donors (Lipinski definition) is 1. The molecule has 1 nitrogen and oxygen atoms in total. The summed E-state index contributed by atoms with van der Waals surface area (Å²) in [6.07, 6.45) is 3.59. The van der Waals surface area contributed by atoms with Crippen LogP contribution in [-0.2, 0) is 6.42 Å². The first-order valence-corrected chi connectivity index (χ1v) is 7.78. The monoisotopic (exact) mass is 281 g/mol. The fraction of sp³-hybridized carbons (Fsp3) is 0.647. The van der Waals surface area contributed by atoms with Crippen LogP contribution in [-0.4, -0.2) is 13.1 Å². The van der Waals surface area contributed by atoms with Gasteiger partial charge in [0.15, 0.2) is 0 Å². The van der Waals surface area contributed by atoms with E-state index in [1.807, 2.05) is 12.1 Å². The van der Waals surface area contributed by atoms with Gasteiger partial charge >= 0.3 is 0 Å². The third-order valence-electron chi connectivity index (χ3n) is 3.50. The van der Waals surface area contributed by atoms with Crippen molar-refractivity contribution < 1.29 is 0 Å². The molecule has 0 aliphatic carbocycles. The third-order valence-corrected chi connectivity index (χ3v) is 3.75. The molecule has 1 aromatic carbocycles. The second-order valence-electron chi connectivity index (χ2n) is 6.39. The molecule has 0 fully saturated rings. The zero-order valence-electron chi connectivity index (χ0n) is 12.8. The van der Waals surface area contributed by atoms with E-state index in [0.29, 0.717) is 11.3 Å². The SMILES string of the molecule is CCCC(C)(CNCC(C)C)Cc1ccc(Cl)cc1. The highest BCUT2D eigenvalue weighted by molar-refractivity contribution is 6.30. The van der Waals surface area contributed by atoms with Crippen molar-refractivity contribution in [1.29, 1.82) is 0 Å². The maximum atomic E-state index is 5.95. The van der Waals surface area contributed by atoms with Crippen LogP contribution < -0.4 is 5.32 Å². The number of rotatable bonds is 8. The van der Waals surface area contributed by atoms with Crippen LogP contribution in [0, 0.1) is 11.3 Å². The molecule has 19 heavy (non-hydrogen) atoms. The molecule has 1 atom stereocenters. The van der Waals surface area contributed by atoms with Crippen LogP contribution in [0.25, 0.3) is 0 Å². The smallest absolute Gasteiger partial charge is 0.0406 e. The summed E-state index contributed by atoms with van der Waals surface area (Å²) in [5.74, 6) is 0.710. The van der Waals surface area contributed by atoms with Crippen LogP contribution in [0.4, 0.5) is 0 Å². The molecule has 108 valence electrons. The Morgan fingerprint density at radius 3 is 2.37 bits per heavy atom. The molecule has 0 spiro atoms. The quantitative estimate of drug-likeness (QED) is 0.712. The van der Waals surface area contributed by atoms with Crippen LogP contribution in [0.2, 0.25) is 5.02 Å². The van der Waals surface area contributed by atoms with Crippen molar-refractivity contribution in [3.8, 4) is 0 Å². The highest BCUT2D eigenvalue weighted by atomic mass is 35.5. The van der Waals surface area contributed by atoms with E-state index in [0.717, 1.165) is 24.5 Å². The minimum absolute atomic E-state index is 0.331. The van der Waals surface area contributed by atoms with E-state index in [2.05, 4.69) is 45.1 Å². The first-order valence-electron chi connectivity index (χ1n) is 7.40. The second-order valence-corrected chi connectivity index (χ2v) is 6.83. The number of benzene rings is 1. The Balaban J connectivity index is 2.61. The average Bonchev–Trinajstić information content (AvgIpc) is 2.32. The summed E-state index contributed by atoms with van der Waals surface area (Å²) in [7, 11) is 0. The maximum absolute atomic E-state index is 5.95. The van der Waals surface area contributed by atoms with Gasteiger partial charge in [0.05, 0.1) is 0 Å². The summed E-state index contributed by atoms with van der Waals surface area (Å²) in [5.41, 5.74) is 1.71. The average molecular weight is 282 g/mol. The van der Waals surface area contributed by atoms with Crippen LogP contribution >= 0.6 is 11.6 Å². The Kier molecular flexibility index (Phi) is 6.88. The lowest BCUT2D eigenvalue weighted by atomic mass is 9.79. The molecular weight excluding hydrogens is 254 g/mol. The molecule has 1 N–H and O–H groups in total. The van der Waals surface area contributed by atoms with Crippen LogP contribution in [0.5, 0.6) is 0 Å². The Labute approximate surface area is 123 Å². The number of hydrogen-bond acceptors (Lipinski definition) is 1. The molecule has 0 heterocycles. The maximum Gasteiger partial charge on any atom is 0.0406 e. The van der Waals surface area contributed by atoms with Crippen molar-refractivity contribution in [1.82, 2.24) is 5.32 Å². The van der Waals surface area contributed by atoms with Crippen molar-refractivity contribution in [2.75, 3.05) is 13.1 Å². The first kappa shape index (κ1) is 16.5. The lowest BCUT2D eigenvalue weighted by Crippen LogP contribution is -2.35. The summed E-state index contributed by atoms with van der Waals surface area (Å²) in [6, 6.07) is 8.28. The molecule has 0 aliphatic heterocycles. The van der Waals surface area contributed by atoms with Crippen LogP contribution in [0.1, 0.15) is 46.1 Å². The van der Waals surface area contributed by atoms with Gasteiger partial charge in [-0.15, -0.1) is 0 Å². The van der Waals surface area contributed by atoms with Gasteiger partial charge in [-0.25, -0.2) is 0 Å². The van der Waals surface area contributed by atoms with E-state index >= 15 is 0 Å². The molecule has 1 unspecified atom stereocenters. The van der Waals surface area contributed by atoms with Gasteiger partial charge in [0.25, 0.3) is 0 Å². The highest BCUT2D eigenvalue weighted by Gasteiger charge is 2.23. The normalized spacial score (nSPS) is 14.6. The van der Waals surface area contributed by atoms with Gasteiger partial charge in [-0.3, -0.25) is 0 Å². The molecule has 0 aliphatic rings. The molecule has 0 aromatic heterocycles. The van der Waals surface area contributed by atoms with Crippen molar-refractivity contribution in [2.24, 2.45) is 11.3 Å². The fourth-order valence-corrected chi connectivity index (χ4v) is 2.73.